The number of ether oxygens (including phenoxy) is 1. The van der Waals surface area contributed by atoms with Crippen LogP contribution in [0.3, 0.4) is 0 Å². The number of rotatable bonds is 3. The Morgan fingerprint density at radius 3 is 2.31 bits per heavy atom. The van der Waals surface area contributed by atoms with E-state index in [-0.39, 0.29) is 54.5 Å². The van der Waals surface area contributed by atoms with Gasteiger partial charge < -0.3 is 9.29 Å². The van der Waals surface area contributed by atoms with E-state index in [1.54, 1.807) is 6.92 Å². The predicted molar refractivity (Wildman–Crippen MR) is 50.6 cm³/mol. The van der Waals surface area contributed by atoms with E-state index in [1.165, 1.54) is 0 Å². The van der Waals surface area contributed by atoms with Crippen molar-refractivity contribution in [3.05, 3.63) is 0 Å². The van der Waals surface area contributed by atoms with E-state index in [0.29, 0.717) is 19.4 Å². The van der Waals surface area contributed by atoms with Gasteiger partial charge in [-0.1, -0.05) is 0 Å². The van der Waals surface area contributed by atoms with Gasteiger partial charge in [-0.15, -0.1) is 0 Å². The average molecular weight is 259 g/mol. The van der Waals surface area contributed by atoms with Gasteiger partial charge in [0.15, 0.2) is 10.3 Å². The van der Waals surface area contributed by atoms with E-state index in [4.69, 9.17) is 4.74 Å². The number of carbonyl (C=O) groups is 1. The van der Waals surface area contributed by atoms with Crippen LogP contribution < -0.4 is 29.6 Å². The van der Waals surface area contributed by atoms with E-state index in [9.17, 15) is 17.8 Å². The second-order valence-corrected chi connectivity index (χ2v) is 4.75. The molecule has 0 aromatic carbocycles. The van der Waals surface area contributed by atoms with Gasteiger partial charge in [0.25, 0.3) is 0 Å². The van der Waals surface area contributed by atoms with Crippen molar-refractivity contribution >= 4 is 16.3 Å². The van der Waals surface area contributed by atoms with E-state index in [2.05, 4.69) is 0 Å². The van der Waals surface area contributed by atoms with Crippen LogP contribution in [0, 0.1) is 5.92 Å². The Morgan fingerprint density at radius 1 is 1.44 bits per heavy atom. The van der Waals surface area contributed by atoms with Crippen LogP contribution >= 0.6 is 0 Å². The fraction of sp³-hybridized carbons (Fsp3) is 0.875. The third-order valence-electron chi connectivity index (χ3n) is 2.39. The van der Waals surface area contributed by atoms with Crippen LogP contribution in [0.4, 0.5) is 0 Å². The van der Waals surface area contributed by atoms with Crippen molar-refractivity contribution < 1.29 is 52.1 Å². The topological polar surface area (TPSA) is 86.7 Å². The summed E-state index contributed by atoms with van der Waals surface area (Å²) < 4.78 is 37.6. The first-order chi connectivity index (χ1) is 6.95. The molecule has 0 aromatic heterocycles. The Morgan fingerprint density at radius 2 is 1.94 bits per heavy atom. The minimum Gasteiger partial charge on any atom is -0.735 e. The van der Waals surface area contributed by atoms with Crippen molar-refractivity contribution in [3.63, 3.8) is 0 Å². The maximum absolute atomic E-state index is 11.3. The first-order valence-electron chi connectivity index (χ1n) is 4.82. The summed E-state index contributed by atoms with van der Waals surface area (Å²) in [5.74, 6) is -0.580. The minimum absolute atomic E-state index is 0. The summed E-state index contributed by atoms with van der Waals surface area (Å²) >= 11 is 0. The number of hydrogen-bond donors (Lipinski definition) is 0. The van der Waals surface area contributed by atoms with E-state index in [1.807, 2.05) is 0 Å². The SMILES string of the molecule is CCOC(=O)C1CCN(S(=O)(=O)[O-])CC1.[Na+]. The summed E-state index contributed by atoms with van der Waals surface area (Å²) in [5, 5.41) is 0. The van der Waals surface area contributed by atoms with Gasteiger partial charge in [-0.25, -0.2) is 12.7 Å². The van der Waals surface area contributed by atoms with Crippen molar-refractivity contribution in [2.45, 2.75) is 19.8 Å². The number of esters is 1. The van der Waals surface area contributed by atoms with Crippen LogP contribution in [0.15, 0.2) is 0 Å². The zero-order chi connectivity index (χ0) is 11.5. The maximum atomic E-state index is 11.3. The van der Waals surface area contributed by atoms with Gasteiger partial charge in [-0.05, 0) is 19.8 Å². The normalized spacial score (nSPS) is 18.9. The zero-order valence-corrected chi connectivity index (χ0v) is 12.3. The van der Waals surface area contributed by atoms with E-state index >= 15 is 0 Å². The first kappa shape index (κ1) is 16.3. The molecule has 8 heteroatoms. The molecule has 1 aliphatic heterocycles. The van der Waals surface area contributed by atoms with Crippen LogP contribution in [-0.4, -0.2) is 42.9 Å². The Balaban J connectivity index is 0.00000225. The Kier molecular flexibility index (Phi) is 7.07. The molecule has 1 aliphatic rings. The molecule has 16 heavy (non-hydrogen) atoms. The van der Waals surface area contributed by atoms with E-state index in [0.717, 1.165) is 4.31 Å². The smallest absolute Gasteiger partial charge is 0.735 e. The Bertz CT molecular complexity index is 323. The standard InChI is InChI=1S/C8H15NO5S.Na/c1-2-14-8(10)7-3-5-9(6-4-7)15(11,12)13;/h7H,2-6H2,1H3,(H,11,12,13);/q;+1/p-1. The first-order valence-corrected chi connectivity index (χ1v) is 6.19. The van der Waals surface area contributed by atoms with Gasteiger partial charge in [0.1, 0.15) is 0 Å². The molecule has 1 rings (SSSR count). The van der Waals surface area contributed by atoms with Crippen LogP contribution in [0.5, 0.6) is 0 Å². The quantitative estimate of drug-likeness (QED) is 0.301. The molecule has 0 bridgehead atoms. The molecule has 0 N–H and O–H groups in total. The molecule has 0 radical (unpaired) electrons. The Hall–Kier alpha value is 0.340. The number of piperidine rings is 1. The molecule has 1 heterocycles. The monoisotopic (exact) mass is 259 g/mol. The van der Waals surface area contributed by atoms with Gasteiger partial charge in [0.05, 0.1) is 12.5 Å². The molecule has 0 atom stereocenters. The molecule has 0 aliphatic carbocycles. The third-order valence-corrected chi connectivity index (χ3v) is 3.39. The van der Waals surface area contributed by atoms with Crippen molar-refractivity contribution in [2.24, 2.45) is 5.92 Å². The molecule has 1 saturated heterocycles. The molecule has 88 valence electrons. The summed E-state index contributed by atoms with van der Waals surface area (Å²) in [5.41, 5.74) is 0. The summed E-state index contributed by atoms with van der Waals surface area (Å²) in [6, 6.07) is 0. The van der Waals surface area contributed by atoms with Crippen molar-refractivity contribution in [2.75, 3.05) is 19.7 Å². The predicted octanol–water partition coefficient (Wildman–Crippen LogP) is -3.27. The van der Waals surface area contributed by atoms with Gasteiger partial charge in [0.2, 0.25) is 0 Å². The molecule has 0 unspecified atom stereocenters. The van der Waals surface area contributed by atoms with Gasteiger partial charge in [-0.3, -0.25) is 4.79 Å². The van der Waals surface area contributed by atoms with Gasteiger partial charge in [-0.2, -0.15) is 0 Å². The average Bonchev–Trinajstić information content (AvgIpc) is 2.17. The summed E-state index contributed by atoms with van der Waals surface area (Å²) in [7, 11) is -4.36. The van der Waals surface area contributed by atoms with E-state index < -0.39 is 10.3 Å². The minimum atomic E-state index is -4.36. The molecule has 0 aromatic rings. The van der Waals surface area contributed by atoms with Gasteiger partial charge >= 0.3 is 35.5 Å². The number of hydrogen-bond acceptors (Lipinski definition) is 5. The molecule has 6 nitrogen and oxygen atoms in total. The summed E-state index contributed by atoms with van der Waals surface area (Å²) in [6.45, 7) is 2.25. The molecule has 0 amide bonds. The van der Waals surface area contributed by atoms with Crippen LogP contribution in [-0.2, 0) is 19.8 Å². The van der Waals surface area contributed by atoms with Crippen molar-refractivity contribution in [1.29, 1.82) is 0 Å². The maximum Gasteiger partial charge on any atom is 1.00 e. The molecule has 1 fully saturated rings. The molecular formula is C8H14NNaO5S. The molecular weight excluding hydrogens is 245 g/mol. The fourth-order valence-corrected chi connectivity index (χ4v) is 2.23. The van der Waals surface area contributed by atoms with Crippen LogP contribution in [0.1, 0.15) is 19.8 Å². The Labute approximate surface area is 118 Å². The van der Waals surface area contributed by atoms with Crippen LogP contribution in [0.2, 0.25) is 0 Å². The molecule has 0 saturated carbocycles. The second kappa shape index (κ2) is 6.93. The molecule has 0 spiro atoms. The summed E-state index contributed by atoms with van der Waals surface area (Å²) in [6.07, 6.45) is 0.723. The fourth-order valence-electron chi connectivity index (χ4n) is 1.58. The number of carbonyl (C=O) groups excluding carboxylic acids is 1. The zero-order valence-electron chi connectivity index (χ0n) is 9.51. The van der Waals surface area contributed by atoms with Crippen molar-refractivity contribution in [1.82, 2.24) is 4.31 Å². The van der Waals surface area contributed by atoms with Crippen LogP contribution in [0.25, 0.3) is 0 Å². The summed E-state index contributed by atoms with van der Waals surface area (Å²) in [4.78, 5) is 11.3. The largest absolute Gasteiger partial charge is 1.00 e. The number of nitrogens with zero attached hydrogens (tertiary/aromatic N) is 1. The van der Waals surface area contributed by atoms with Crippen molar-refractivity contribution in [3.8, 4) is 0 Å². The third kappa shape index (κ3) is 4.68. The second-order valence-electron chi connectivity index (χ2n) is 3.38. The van der Waals surface area contributed by atoms with Gasteiger partial charge in [0, 0.05) is 13.1 Å².